The Morgan fingerprint density at radius 2 is 1.53 bits per heavy atom. The van der Waals surface area contributed by atoms with E-state index in [4.69, 9.17) is 0 Å². The molecule has 1 aromatic rings. The minimum absolute atomic E-state index is 0.183. The second kappa shape index (κ2) is 8.49. The van der Waals surface area contributed by atoms with Crippen molar-refractivity contribution >= 4 is 0 Å². The normalized spacial score (nSPS) is 11.9. The second-order valence-corrected chi connectivity index (χ2v) is 4.48. The van der Waals surface area contributed by atoms with Gasteiger partial charge in [0, 0.05) is 0 Å². The second-order valence-electron chi connectivity index (χ2n) is 4.48. The van der Waals surface area contributed by atoms with Gasteiger partial charge in [0.05, 0.1) is 6.10 Å². The quantitative estimate of drug-likeness (QED) is 0.803. The van der Waals surface area contributed by atoms with Crippen LogP contribution in [-0.4, -0.2) is 11.2 Å². The fourth-order valence-corrected chi connectivity index (χ4v) is 1.03. The van der Waals surface area contributed by atoms with Crippen molar-refractivity contribution in [1.82, 2.24) is 0 Å². The maximum absolute atomic E-state index is 9.31. The predicted octanol–water partition coefficient (Wildman–Crippen LogP) is 3.66. The van der Waals surface area contributed by atoms with Gasteiger partial charge in [-0.15, -0.1) is 0 Å². The van der Waals surface area contributed by atoms with Crippen LogP contribution in [0.5, 0.6) is 0 Å². The van der Waals surface area contributed by atoms with E-state index in [0.29, 0.717) is 0 Å². The van der Waals surface area contributed by atoms with Crippen LogP contribution in [0.4, 0.5) is 0 Å². The molecule has 0 bridgehead atoms. The first-order valence-corrected chi connectivity index (χ1v) is 5.78. The Labute approximate surface area is 94.2 Å². The largest absolute Gasteiger partial charge is 0.393 e. The lowest BCUT2D eigenvalue weighted by Crippen LogP contribution is -2.07. The molecule has 0 aliphatic rings. The highest BCUT2D eigenvalue weighted by atomic mass is 16.3. The molecule has 0 amide bonds. The molecule has 86 valence electrons. The van der Waals surface area contributed by atoms with Gasteiger partial charge in [0.25, 0.3) is 0 Å². The zero-order chi connectivity index (χ0) is 11.7. The first kappa shape index (κ1) is 14.2. The number of hydrogen-bond donors (Lipinski definition) is 1. The van der Waals surface area contributed by atoms with Gasteiger partial charge in [-0.25, -0.2) is 0 Å². The number of aliphatic hydroxyl groups excluding tert-OH is 1. The Kier molecular flexibility index (Phi) is 8.02. The van der Waals surface area contributed by atoms with Crippen LogP contribution in [0.2, 0.25) is 0 Å². The molecule has 0 fully saturated rings. The van der Waals surface area contributed by atoms with Crippen molar-refractivity contribution in [3.8, 4) is 0 Å². The van der Waals surface area contributed by atoms with Crippen LogP contribution in [0, 0.1) is 5.92 Å². The molecule has 1 N–H and O–H groups in total. The van der Waals surface area contributed by atoms with Crippen LogP contribution in [0.1, 0.15) is 39.7 Å². The lowest BCUT2D eigenvalue weighted by atomic mass is 10.1. The Morgan fingerprint density at radius 3 is 1.93 bits per heavy atom. The molecule has 0 aliphatic carbocycles. The van der Waals surface area contributed by atoms with Crippen LogP contribution >= 0.6 is 0 Å². The van der Waals surface area contributed by atoms with Crippen LogP contribution < -0.4 is 0 Å². The lowest BCUT2D eigenvalue weighted by Gasteiger charge is -2.06. The molecule has 1 heteroatoms. The number of rotatable bonds is 3. The van der Waals surface area contributed by atoms with Gasteiger partial charge < -0.3 is 5.11 Å². The van der Waals surface area contributed by atoms with Crippen molar-refractivity contribution in [2.24, 2.45) is 5.92 Å². The predicted molar refractivity (Wildman–Crippen MR) is 67.0 cm³/mol. The summed E-state index contributed by atoms with van der Waals surface area (Å²) in [5, 5.41) is 9.31. The van der Waals surface area contributed by atoms with Crippen molar-refractivity contribution in [1.29, 1.82) is 0 Å². The first-order valence-electron chi connectivity index (χ1n) is 5.78. The van der Waals surface area contributed by atoms with Gasteiger partial charge >= 0.3 is 0 Å². The molecule has 0 heterocycles. The maximum Gasteiger partial charge on any atom is 0.0577 e. The van der Waals surface area contributed by atoms with Crippen LogP contribution in [0.3, 0.4) is 0 Å². The molecular formula is C14H24O. The summed E-state index contributed by atoms with van der Waals surface area (Å²) in [5.74, 6) is 0.833. The summed E-state index contributed by atoms with van der Waals surface area (Å²) in [6, 6.07) is 10.1. The molecular weight excluding hydrogens is 184 g/mol. The standard InChI is InChI=1S/C10H14O.C4H10/c1-2-10(11)8-9-6-4-3-5-7-9;1-4(2)3/h3-7,10-11H,2,8H2,1H3;4H,1-3H3. The summed E-state index contributed by atoms with van der Waals surface area (Å²) in [5.41, 5.74) is 1.21. The third-order valence-electron chi connectivity index (χ3n) is 1.79. The maximum atomic E-state index is 9.31. The van der Waals surface area contributed by atoms with E-state index in [9.17, 15) is 5.11 Å². The molecule has 15 heavy (non-hydrogen) atoms. The van der Waals surface area contributed by atoms with E-state index in [-0.39, 0.29) is 6.10 Å². The number of aliphatic hydroxyl groups is 1. The highest BCUT2D eigenvalue weighted by molar-refractivity contribution is 5.15. The molecule has 0 saturated carbocycles. The molecule has 1 nitrogen and oxygen atoms in total. The van der Waals surface area contributed by atoms with Crippen molar-refractivity contribution in [2.45, 2.75) is 46.6 Å². The van der Waals surface area contributed by atoms with Gasteiger partial charge in [-0.2, -0.15) is 0 Å². The monoisotopic (exact) mass is 208 g/mol. The van der Waals surface area contributed by atoms with E-state index in [1.54, 1.807) is 0 Å². The minimum atomic E-state index is -0.183. The van der Waals surface area contributed by atoms with Gasteiger partial charge in [-0.05, 0) is 24.3 Å². The van der Waals surface area contributed by atoms with Gasteiger partial charge in [0.15, 0.2) is 0 Å². The van der Waals surface area contributed by atoms with Crippen molar-refractivity contribution < 1.29 is 5.11 Å². The van der Waals surface area contributed by atoms with E-state index in [0.717, 1.165) is 18.8 Å². The molecule has 0 spiro atoms. The summed E-state index contributed by atoms with van der Waals surface area (Å²) < 4.78 is 0. The van der Waals surface area contributed by atoms with Gasteiger partial charge in [0.1, 0.15) is 0 Å². The zero-order valence-corrected chi connectivity index (χ0v) is 10.4. The van der Waals surface area contributed by atoms with Crippen molar-refractivity contribution in [2.75, 3.05) is 0 Å². The first-order chi connectivity index (χ1) is 7.06. The van der Waals surface area contributed by atoms with Gasteiger partial charge in [0.2, 0.25) is 0 Å². The average Bonchev–Trinajstić information content (AvgIpc) is 2.18. The van der Waals surface area contributed by atoms with E-state index < -0.39 is 0 Å². The molecule has 1 aromatic carbocycles. The van der Waals surface area contributed by atoms with Crippen molar-refractivity contribution in [3.05, 3.63) is 35.9 Å². The molecule has 0 aromatic heterocycles. The molecule has 0 radical (unpaired) electrons. The van der Waals surface area contributed by atoms with E-state index in [1.165, 1.54) is 5.56 Å². The molecule has 1 rings (SSSR count). The van der Waals surface area contributed by atoms with Gasteiger partial charge in [-0.3, -0.25) is 0 Å². The van der Waals surface area contributed by atoms with E-state index >= 15 is 0 Å². The molecule has 0 saturated heterocycles. The third-order valence-corrected chi connectivity index (χ3v) is 1.79. The average molecular weight is 208 g/mol. The fraction of sp³-hybridized carbons (Fsp3) is 0.571. The molecule has 1 atom stereocenters. The van der Waals surface area contributed by atoms with Crippen LogP contribution in [-0.2, 0) is 6.42 Å². The summed E-state index contributed by atoms with van der Waals surface area (Å²) in [7, 11) is 0. The summed E-state index contributed by atoms with van der Waals surface area (Å²) >= 11 is 0. The Balaban J connectivity index is 0.000000423. The smallest absolute Gasteiger partial charge is 0.0577 e. The summed E-state index contributed by atoms with van der Waals surface area (Å²) in [4.78, 5) is 0. The van der Waals surface area contributed by atoms with Crippen LogP contribution in [0.15, 0.2) is 30.3 Å². The van der Waals surface area contributed by atoms with Gasteiger partial charge in [-0.1, -0.05) is 58.0 Å². The highest BCUT2D eigenvalue weighted by Crippen LogP contribution is 2.04. The third kappa shape index (κ3) is 9.48. The topological polar surface area (TPSA) is 20.2 Å². The zero-order valence-electron chi connectivity index (χ0n) is 10.4. The van der Waals surface area contributed by atoms with E-state index in [1.807, 2.05) is 37.3 Å². The van der Waals surface area contributed by atoms with Crippen LogP contribution in [0.25, 0.3) is 0 Å². The highest BCUT2D eigenvalue weighted by Gasteiger charge is 2.00. The van der Waals surface area contributed by atoms with Crippen molar-refractivity contribution in [3.63, 3.8) is 0 Å². The van der Waals surface area contributed by atoms with E-state index in [2.05, 4.69) is 20.8 Å². The number of hydrogen-bond acceptors (Lipinski definition) is 1. The Morgan fingerprint density at radius 1 is 1.07 bits per heavy atom. The minimum Gasteiger partial charge on any atom is -0.393 e. The fourth-order valence-electron chi connectivity index (χ4n) is 1.03. The molecule has 1 unspecified atom stereocenters. The SMILES string of the molecule is CC(C)C.CCC(O)Cc1ccccc1. The summed E-state index contributed by atoms with van der Waals surface area (Å²) in [6.07, 6.45) is 1.42. The number of benzene rings is 1. The summed E-state index contributed by atoms with van der Waals surface area (Å²) in [6.45, 7) is 8.49. The Bertz CT molecular complexity index is 226. The lowest BCUT2D eigenvalue weighted by molar-refractivity contribution is 0.171. The Hall–Kier alpha value is -0.820. The molecule has 0 aliphatic heterocycles.